The summed E-state index contributed by atoms with van der Waals surface area (Å²) in [5.41, 5.74) is 2.00. The smallest absolute Gasteiger partial charge is 0.317 e. The number of Topliss-reactive ketones (excluding diaryl/α,β-unsaturated/α-hetero) is 1. The van der Waals surface area contributed by atoms with Gasteiger partial charge < -0.3 is 10.2 Å². The van der Waals surface area contributed by atoms with Crippen LogP contribution in [0, 0.1) is 0 Å². The lowest BCUT2D eigenvalue weighted by molar-refractivity contribution is -0.123. The van der Waals surface area contributed by atoms with Crippen molar-refractivity contribution in [3.63, 3.8) is 0 Å². The lowest BCUT2D eigenvalue weighted by Gasteiger charge is -2.29. The van der Waals surface area contributed by atoms with Gasteiger partial charge in [-0.05, 0) is 31.4 Å². The summed E-state index contributed by atoms with van der Waals surface area (Å²) in [5, 5.41) is 2.70. The molecular formula is C20H23N3O4. The summed E-state index contributed by atoms with van der Waals surface area (Å²) in [5.74, 6) is -1.05. The number of benzene rings is 1. The van der Waals surface area contributed by atoms with Crippen molar-refractivity contribution < 1.29 is 19.2 Å². The SMILES string of the molecule is C=C1CCC(N2C(=O)c3cccc(CN(C)C(=O)NCC)c3C2=O)C(=O)C1. The molecular weight excluding hydrogens is 346 g/mol. The Balaban J connectivity index is 1.89. The van der Waals surface area contributed by atoms with Crippen LogP contribution in [-0.2, 0) is 11.3 Å². The van der Waals surface area contributed by atoms with E-state index in [-0.39, 0.29) is 30.3 Å². The number of carbonyl (C=O) groups excluding carboxylic acids is 4. The van der Waals surface area contributed by atoms with Crippen LogP contribution in [0.1, 0.15) is 52.5 Å². The predicted octanol–water partition coefficient (Wildman–Crippen LogP) is 2.12. The van der Waals surface area contributed by atoms with Crippen molar-refractivity contribution in [2.24, 2.45) is 0 Å². The van der Waals surface area contributed by atoms with Crippen molar-refractivity contribution in [3.05, 3.63) is 47.0 Å². The largest absolute Gasteiger partial charge is 0.338 e. The standard InChI is InChI=1S/C20H23N3O4/c1-4-21-20(27)22(3)11-13-6-5-7-14-17(13)19(26)23(18(14)25)15-9-8-12(2)10-16(15)24/h5-7,15H,2,4,8-11H2,1,3H3,(H,21,27). The fraction of sp³-hybridized carbons (Fsp3) is 0.400. The number of amides is 4. The number of ketones is 1. The molecule has 1 fully saturated rings. The van der Waals surface area contributed by atoms with Gasteiger partial charge in [-0.1, -0.05) is 24.3 Å². The van der Waals surface area contributed by atoms with Crippen molar-refractivity contribution in [1.29, 1.82) is 0 Å². The molecule has 1 aliphatic carbocycles. The van der Waals surface area contributed by atoms with Crippen molar-refractivity contribution in [1.82, 2.24) is 15.1 Å². The maximum Gasteiger partial charge on any atom is 0.317 e. The fourth-order valence-electron chi connectivity index (χ4n) is 3.63. The first kappa shape index (κ1) is 18.8. The Kier molecular flexibility index (Phi) is 5.12. The van der Waals surface area contributed by atoms with E-state index in [0.717, 1.165) is 10.5 Å². The Labute approximate surface area is 158 Å². The van der Waals surface area contributed by atoms with Gasteiger partial charge in [-0.2, -0.15) is 0 Å². The van der Waals surface area contributed by atoms with Gasteiger partial charge in [0.25, 0.3) is 11.8 Å². The molecule has 7 heteroatoms. The first-order chi connectivity index (χ1) is 12.8. The van der Waals surface area contributed by atoms with Crippen molar-refractivity contribution in [2.45, 2.75) is 38.8 Å². The molecule has 4 amide bonds. The highest BCUT2D eigenvalue weighted by molar-refractivity contribution is 6.23. The molecule has 0 saturated heterocycles. The minimum atomic E-state index is -0.739. The van der Waals surface area contributed by atoms with E-state index in [0.29, 0.717) is 30.5 Å². The van der Waals surface area contributed by atoms with Crippen LogP contribution in [0.5, 0.6) is 0 Å². The van der Waals surface area contributed by atoms with E-state index >= 15 is 0 Å². The average Bonchev–Trinajstić information content (AvgIpc) is 2.87. The second-order valence-corrected chi connectivity index (χ2v) is 6.96. The maximum absolute atomic E-state index is 13.0. The van der Waals surface area contributed by atoms with E-state index in [1.54, 1.807) is 25.2 Å². The minimum Gasteiger partial charge on any atom is -0.338 e. The van der Waals surface area contributed by atoms with Gasteiger partial charge in [0.1, 0.15) is 0 Å². The van der Waals surface area contributed by atoms with E-state index < -0.39 is 17.9 Å². The van der Waals surface area contributed by atoms with Gasteiger partial charge in [0, 0.05) is 26.6 Å². The van der Waals surface area contributed by atoms with Gasteiger partial charge in [-0.25, -0.2) is 4.79 Å². The number of urea groups is 1. The second-order valence-electron chi connectivity index (χ2n) is 6.96. The number of allylic oxidation sites excluding steroid dienone is 1. The molecule has 7 nitrogen and oxygen atoms in total. The molecule has 1 N–H and O–H groups in total. The van der Waals surface area contributed by atoms with E-state index in [9.17, 15) is 19.2 Å². The fourth-order valence-corrected chi connectivity index (χ4v) is 3.63. The summed E-state index contributed by atoms with van der Waals surface area (Å²) in [6.07, 6.45) is 1.23. The number of imide groups is 1. The molecule has 1 aliphatic heterocycles. The third-order valence-corrected chi connectivity index (χ3v) is 4.99. The zero-order chi connectivity index (χ0) is 19.7. The van der Waals surface area contributed by atoms with Crippen molar-refractivity contribution in [3.8, 4) is 0 Å². The van der Waals surface area contributed by atoms with Crippen LogP contribution in [0.2, 0.25) is 0 Å². The third kappa shape index (κ3) is 3.37. The minimum absolute atomic E-state index is 0.151. The number of hydrogen-bond donors (Lipinski definition) is 1. The lowest BCUT2D eigenvalue weighted by atomic mass is 9.89. The van der Waals surface area contributed by atoms with E-state index in [1.807, 2.05) is 6.92 Å². The van der Waals surface area contributed by atoms with Gasteiger partial charge in [-0.15, -0.1) is 0 Å². The molecule has 1 unspecified atom stereocenters. The Hall–Kier alpha value is -2.96. The molecule has 1 saturated carbocycles. The summed E-state index contributed by atoms with van der Waals surface area (Å²) < 4.78 is 0. The zero-order valence-electron chi connectivity index (χ0n) is 15.6. The molecule has 1 aromatic carbocycles. The van der Waals surface area contributed by atoms with Crippen molar-refractivity contribution in [2.75, 3.05) is 13.6 Å². The molecule has 1 aromatic rings. The first-order valence-corrected chi connectivity index (χ1v) is 9.03. The van der Waals surface area contributed by atoms with Gasteiger partial charge in [0.2, 0.25) is 0 Å². The summed E-state index contributed by atoms with van der Waals surface area (Å²) in [6.45, 7) is 6.34. The van der Waals surface area contributed by atoms with Crippen LogP contribution >= 0.6 is 0 Å². The van der Waals surface area contributed by atoms with Gasteiger partial charge in [0.15, 0.2) is 5.78 Å². The summed E-state index contributed by atoms with van der Waals surface area (Å²) in [6, 6.07) is 4.02. The summed E-state index contributed by atoms with van der Waals surface area (Å²) >= 11 is 0. The maximum atomic E-state index is 13.0. The quantitative estimate of drug-likeness (QED) is 0.651. The lowest BCUT2D eigenvalue weighted by Crippen LogP contribution is -2.46. The molecule has 3 rings (SSSR count). The Bertz CT molecular complexity index is 846. The monoisotopic (exact) mass is 369 g/mol. The predicted molar refractivity (Wildman–Crippen MR) is 99.3 cm³/mol. The molecule has 1 heterocycles. The van der Waals surface area contributed by atoms with Gasteiger partial charge >= 0.3 is 6.03 Å². The molecule has 0 bridgehead atoms. The third-order valence-electron chi connectivity index (χ3n) is 4.99. The number of hydrogen-bond acceptors (Lipinski definition) is 4. The molecule has 1 atom stereocenters. The summed E-state index contributed by atoms with van der Waals surface area (Å²) in [7, 11) is 1.62. The topological polar surface area (TPSA) is 86.8 Å². The highest BCUT2D eigenvalue weighted by Gasteiger charge is 2.44. The van der Waals surface area contributed by atoms with Gasteiger partial charge in [0.05, 0.1) is 17.2 Å². The Morgan fingerprint density at radius 2 is 2.04 bits per heavy atom. The number of nitrogens with one attached hydrogen (secondary N) is 1. The highest BCUT2D eigenvalue weighted by atomic mass is 16.2. The molecule has 27 heavy (non-hydrogen) atoms. The molecule has 0 spiro atoms. The number of nitrogens with zero attached hydrogens (tertiary/aromatic N) is 2. The van der Waals surface area contributed by atoms with E-state index in [4.69, 9.17) is 0 Å². The first-order valence-electron chi connectivity index (χ1n) is 9.03. The normalized spacial score (nSPS) is 19.3. The molecule has 0 radical (unpaired) electrons. The number of fused-ring (bicyclic) bond motifs is 1. The van der Waals surface area contributed by atoms with Crippen LogP contribution in [0.15, 0.2) is 30.4 Å². The summed E-state index contributed by atoms with van der Waals surface area (Å²) in [4.78, 5) is 52.8. The number of carbonyl (C=O) groups is 4. The number of rotatable bonds is 4. The Morgan fingerprint density at radius 1 is 1.30 bits per heavy atom. The average molecular weight is 369 g/mol. The molecule has 0 aromatic heterocycles. The van der Waals surface area contributed by atoms with Crippen LogP contribution in [0.25, 0.3) is 0 Å². The van der Waals surface area contributed by atoms with Crippen LogP contribution in [0.3, 0.4) is 0 Å². The van der Waals surface area contributed by atoms with Crippen LogP contribution < -0.4 is 5.32 Å². The molecule has 142 valence electrons. The Morgan fingerprint density at radius 3 is 2.70 bits per heavy atom. The van der Waals surface area contributed by atoms with E-state index in [1.165, 1.54) is 4.90 Å². The van der Waals surface area contributed by atoms with Crippen molar-refractivity contribution >= 4 is 23.6 Å². The highest BCUT2D eigenvalue weighted by Crippen LogP contribution is 2.32. The molecule has 2 aliphatic rings. The zero-order valence-corrected chi connectivity index (χ0v) is 15.6. The van der Waals surface area contributed by atoms with Crippen LogP contribution in [-0.4, -0.2) is 53.1 Å². The van der Waals surface area contributed by atoms with E-state index in [2.05, 4.69) is 11.9 Å². The van der Waals surface area contributed by atoms with Crippen LogP contribution in [0.4, 0.5) is 4.79 Å². The van der Waals surface area contributed by atoms with Gasteiger partial charge in [-0.3, -0.25) is 19.3 Å². The second kappa shape index (κ2) is 7.34.